The van der Waals surface area contributed by atoms with Gasteiger partial charge in [0.1, 0.15) is 11.5 Å². The third-order valence-corrected chi connectivity index (χ3v) is 5.37. The van der Waals surface area contributed by atoms with E-state index in [2.05, 4.69) is 15.9 Å². The fourth-order valence-corrected chi connectivity index (χ4v) is 3.73. The molecule has 1 unspecified atom stereocenters. The fourth-order valence-electron chi connectivity index (χ4n) is 3.31. The molecule has 5 heteroatoms. The topological polar surface area (TPSA) is 38.8 Å². The number of methoxy groups -OCH3 is 2. The standard InChI is InChI=1S/C21H22BrNO3/c1-25-16-10-11-17(20(14-16)26-2)19-8-5-13-23(19)21(24)12-9-15-6-3-4-7-18(15)22/h3-4,6-7,9-12,14,19H,5,8,13H2,1-2H3/b12-9+. The maximum Gasteiger partial charge on any atom is 0.247 e. The lowest BCUT2D eigenvalue weighted by Crippen LogP contribution is -2.29. The van der Waals surface area contributed by atoms with E-state index in [9.17, 15) is 4.79 Å². The number of ether oxygens (including phenoxy) is 2. The Hall–Kier alpha value is -2.27. The molecule has 2 aromatic carbocycles. The Balaban J connectivity index is 1.82. The van der Waals surface area contributed by atoms with Crippen LogP contribution in [0.1, 0.15) is 30.0 Å². The molecule has 0 aromatic heterocycles. The van der Waals surface area contributed by atoms with Crippen LogP contribution in [-0.4, -0.2) is 31.6 Å². The average molecular weight is 416 g/mol. The highest BCUT2D eigenvalue weighted by molar-refractivity contribution is 9.10. The summed E-state index contributed by atoms with van der Waals surface area (Å²) in [4.78, 5) is 14.7. The monoisotopic (exact) mass is 415 g/mol. The van der Waals surface area contributed by atoms with E-state index in [0.717, 1.165) is 46.5 Å². The Labute approximate surface area is 162 Å². The van der Waals surface area contributed by atoms with Gasteiger partial charge in [-0.3, -0.25) is 4.79 Å². The van der Waals surface area contributed by atoms with Crippen molar-refractivity contribution in [2.24, 2.45) is 0 Å². The highest BCUT2D eigenvalue weighted by atomic mass is 79.9. The Morgan fingerprint density at radius 1 is 1.19 bits per heavy atom. The van der Waals surface area contributed by atoms with Crippen LogP contribution in [-0.2, 0) is 4.79 Å². The van der Waals surface area contributed by atoms with Crippen molar-refractivity contribution < 1.29 is 14.3 Å². The van der Waals surface area contributed by atoms with Crippen LogP contribution >= 0.6 is 15.9 Å². The van der Waals surface area contributed by atoms with Gasteiger partial charge in [0.15, 0.2) is 0 Å². The van der Waals surface area contributed by atoms with E-state index in [0.29, 0.717) is 0 Å². The van der Waals surface area contributed by atoms with Gasteiger partial charge in [0.05, 0.1) is 20.3 Å². The Bertz CT molecular complexity index is 819. The van der Waals surface area contributed by atoms with Crippen molar-refractivity contribution in [3.05, 3.63) is 64.1 Å². The molecule has 4 nitrogen and oxygen atoms in total. The molecule has 1 amide bonds. The van der Waals surface area contributed by atoms with Crippen molar-refractivity contribution in [3.63, 3.8) is 0 Å². The van der Waals surface area contributed by atoms with Crippen molar-refractivity contribution >= 4 is 27.9 Å². The average Bonchev–Trinajstić information content (AvgIpc) is 3.16. The van der Waals surface area contributed by atoms with E-state index in [4.69, 9.17) is 9.47 Å². The number of rotatable bonds is 5. The number of carbonyl (C=O) groups excluding carboxylic acids is 1. The maximum atomic E-state index is 12.8. The second kappa shape index (κ2) is 8.41. The summed E-state index contributed by atoms with van der Waals surface area (Å²) in [5.41, 5.74) is 2.01. The quantitative estimate of drug-likeness (QED) is 0.655. The number of benzene rings is 2. The zero-order valence-electron chi connectivity index (χ0n) is 14.9. The summed E-state index contributed by atoms with van der Waals surface area (Å²) in [5.74, 6) is 1.51. The van der Waals surface area contributed by atoms with Gasteiger partial charge < -0.3 is 14.4 Å². The Kier molecular flexibility index (Phi) is 5.99. The van der Waals surface area contributed by atoms with E-state index >= 15 is 0 Å². The minimum absolute atomic E-state index is 0.0149. The van der Waals surface area contributed by atoms with Crippen molar-refractivity contribution in [3.8, 4) is 11.5 Å². The summed E-state index contributed by atoms with van der Waals surface area (Å²) in [7, 11) is 3.28. The molecule has 2 aromatic rings. The number of hydrogen-bond donors (Lipinski definition) is 0. The van der Waals surface area contributed by atoms with Crippen LogP contribution < -0.4 is 9.47 Å². The normalized spacial score (nSPS) is 16.9. The van der Waals surface area contributed by atoms with E-state index in [1.165, 1.54) is 0 Å². The van der Waals surface area contributed by atoms with Gasteiger partial charge in [-0.25, -0.2) is 0 Å². The summed E-state index contributed by atoms with van der Waals surface area (Å²) >= 11 is 3.51. The molecule has 136 valence electrons. The summed E-state index contributed by atoms with van der Waals surface area (Å²) in [5, 5.41) is 0. The van der Waals surface area contributed by atoms with Gasteiger partial charge in [-0.2, -0.15) is 0 Å². The fraction of sp³-hybridized carbons (Fsp3) is 0.286. The Morgan fingerprint density at radius 3 is 2.73 bits per heavy atom. The van der Waals surface area contributed by atoms with Crippen molar-refractivity contribution in [2.45, 2.75) is 18.9 Å². The van der Waals surface area contributed by atoms with E-state index < -0.39 is 0 Å². The molecule has 0 bridgehead atoms. The predicted molar refractivity (Wildman–Crippen MR) is 106 cm³/mol. The van der Waals surface area contributed by atoms with Crippen LogP contribution in [0.3, 0.4) is 0 Å². The first-order chi connectivity index (χ1) is 12.6. The third-order valence-electron chi connectivity index (χ3n) is 4.65. The van der Waals surface area contributed by atoms with Crippen LogP contribution in [0.5, 0.6) is 11.5 Å². The second-order valence-corrected chi connectivity index (χ2v) is 7.01. The molecule has 1 aliphatic rings. The van der Waals surface area contributed by atoms with Gasteiger partial charge in [0.2, 0.25) is 5.91 Å². The molecular formula is C21H22BrNO3. The van der Waals surface area contributed by atoms with Crippen molar-refractivity contribution in [1.29, 1.82) is 0 Å². The smallest absolute Gasteiger partial charge is 0.247 e. The van der Waals surface area contributed by atoms with Crippen LogP contribution in [0.15, 0.2) is 53.0 Å². The highest BCUT2D eigenvalue weighted by Crippen LogP contribution is 2.38. The van der Waals surface area contributed by atoms with Gasteiger partial charge in [-0.15, -0.1) is 0 Å². The third kappa shape index (κ3) is 3.93. The highest BCUT2D eigenvalue weighted by Gasteiger charge is 2.31. The van der Waals surface area contributed by atoms with Crippen molar-refractivity contribution in [2.75, 3.05) is 20.8 Å². The number of carbonyl (C=O) groups is 1. The minimum atomic E-state index is 0.0149. The van der Waals surface area contributed by atoms with Crippen LogP contribution in [0.2, 0.25) is 0 Å². The largest absolute Gasteiger partial charge is 0.497 e. The molecule has 0 aliphatic carbocycles. The van der Waals surface area contributed by atoms with Gasteiger partial charge in [-0.1, -0.05) is 34.1 Å². The molecule has 1 fully saturated rings. The molecule has 3 rings (SSSR count). The first-order valence-electron chi connectivity index (χ1n) is 8.59. The molecule has 1 aliphatic heterocycles. The summed E-state index contributed by atoms with van der Waals surface area (Å²) in [6.07, 6.45) is 5.41. The molecule has 0 saturated carbocycles. The van der Waals surface area contributed by atoms with Crippen LogP contribution in [0.4, 0.5) is 0 Å². The van der Waals surface area contributed by atoms with Gasteiger partial charge in [0, 0.05) is 28.7 Å². The SMILES string of the molecule is COc1ccc(C2CCCN2C(=O)/C=C/c2ccccc2Br)c(OC)c1. The van der Waals surface area contributed by atoms with Gasteiger partial charge >= 0.3 is 0 Å². The predicted octanol–water partition coefficient (Wildman–Crippen LogP) is 4.84. The number of likely N-dealkylation sites (tertiary alicyclic amines) is 1. The Morgan fingerprint density at radius 2 is 2.00 bits per heavy atom. The van der Waals surface area contributed by atoms with Crippen LogP contribution in [0, 0.1) is 0 Å². The van der Waals surface area contributed by atoms with E-state index in [1.54, 1.807) is 20.3 Å². The second-order valence-electron chi connectivity index (χ2n) is 6.15. The first-order valence-corrected chi connectivity index (χ1v) is 9.38. The zero-order valence-corrected chi connectivity index (χ0v) is 16.5. The summed E-state index contributed by atoms with van der Waals surface area (Å²) in [6, 6.07) is 13.6. The molecule has 0 spiro atoms. The number of amides is 1. The molecule has 0 radical (unpaired) electrons. The number of nitrogens with zero attached hydrogens (tertiary/aromatic N) is 1. The number of halogens is 1. The minimum Gasteiger partial charge on any atom is -0.497 e. The van der Waals surface area contributed by atoms with E-state index in [-0.39, 0.29) is 11.9 Å². The molecule has 1 atom stereocenters. The molecule has 1 heterocycles. The molecule has 26 heavy (non-hydrogen) atoms. The summed E-state index contributed by atoms with van der Waals surface area (Å²) < 4.78 is 11.8. The lowest BCUT2D eigenvalue weighted by Gasteiger charge is -2.25. The van der Waals surface area contributed by atoms with E-state index in [1.807, 2.05) is 53.4 Å². The zero-order chi connectivity index (χ0) is 18.5. The van der Waals surface area contributed by atoms with Crippen molar-refractivity contribution in [1.82, 2.24) is 4.90 Å². The molecular weight excluding hydrogens is 394 g/mol. The van der Waals surface area contributed by atoms with Gasteiger partial charge in [0.25, 0.3) is 0 Å². The molecule has 0 N–H and O–H groups in total. The number of hydrogen-bond acceptors (Lipinski definition) is 3. The van der Waals surface area contributed by atoms with Gasteiger partial charge in [-0.05, 0) is 42.7 Å². The lowest BCUT2D eigenvalue weighted by molar-refractivity contribution is -0.126. The first kappa shape index (κ1) is 18.5. The molecule has 1 saturated heterocycles. The lowest BCUT2D eigenvalue weighted by atomic mass is 10.0. The summed E-state index contributed by atoms with van der Waals surface area (Å²) in [6.45, 7) is 0.749. The maximum absolute atomic E-state index is 12.8. The van der Waals surface area contributed by atoms with Crippen LogP contribution in [0.25, 0.3) is 6.08 Å².